The van der Waals surface area contributed by atoms with Gasteiger partial charge in [-0.15, -0.1) is 0 Å². The van der Waals surface area contributed by atoms with Crippen molar-refractivity contribution in [2.45, 2.75) is 19.3 Å². The van der Waals surface area contributed by atoms with Gasteiger partial charge in [-0.05, 0) is 31.0 Å². The molecule has 1 fully saturated rings. The number of halogens is 1. The SMILES string of the molecule is N#CCC1(CNc2ccc(F)c(C#N)c2)CC1. The summed E-state index contributed by atoms with van der Waals surface area (Å²) in [6, 6.07) is 8.38. The van der Waals surface area contributed by atoms with Crippen molar-refractivity contribution in [3.05, 3.63) is 29.6 Å². The molecule has 1 aromatic rings. The van der Waals surface area contributed by atoms with Crippen LogP contribution in [0.2, 0.25) is 0 Å². The highest BCUT2D eigenvalue weighted by molar-refractivity contribution is 5.50. The molecule has 1 saturated carbocycles. The summed E-state index contributed by atoms with van der Waals surface area (Å²) >= 11 is 0. The summed E-state index contributed by atoms with van der Waals surface area (Å²) in [6.07, 6.45) is 2.66. The van der Waals surface area contributed by atoms with E-state index < -0.39 is 5.82 Å². The Labute approximate surface area is 99.5 Å². The Morgan fingerprint density at radius 1 is 1.35 bits per heavy atom. The highest BCUT2D eigenvalue weighted by atomic mass is 19.1. The largest absolute Gasteiger partial charge is 0.384 e. The first-order chi connectivity index (χ1) is 8.19. The average Bonchev–Trinajstić information content (AvgIpc) is 3.09. The molecule has 86 valence electrons. The molecule has 0 heterocycles. The van der Waals surface area contributed by atoms with Crippen LogP contribution >= 0.6 is 0 Å². The van der Waals surface area contributed by atoms with Crippen LogP contribution in [0.15, 0.2) is 18.2 Å². The van der Waals surface area contributed by atoms with Gasteiger partial charge in [0.2, 0.25) is 0 Å². The van der Waals surface area contributed by atoms with Crippen LogP contribution in [0.3, 0.4) is 0 Å². The first kappa shape index (κ1) is 11.4. The fraction of sp³-hybridized carbons (Fsp3) is 0.385. The van der Waals surface area contributed by atoms with E-state index in [0.717, 1.165) is 18.5 Å². The minimum atomic E-state index is -0.504. The van der Waals surface area contributed by atoms with Gasteiger partial charge in [0, 0.05) is 24.1 Å². The molecule has 17 heavy (non-hydrogen) atoms. The Hall–Kier alpha value is -2.07. The van der Waals surface area contributed by atoms with E-state index >= 15 is 0 Å². The summed E-state index contributed by atoms with van der Waals surface area (Å²) in [5.41, 5.74) is 0.864. The Morgan fingerprint density at radius 2 is 2.12 bits per heavy atom. The van der Waals surface area contributed by atoms with Gasteiger partial charge in [0.1, 0.15) is 11.9 Å². The minimum absolute atomic E-state index is 0.0418. The number of anilines is 1. The van der Waals surface area contributed by atoms with E-state index in [0.29, 0.717) is 13.0 Å². The third-order valence-electron chi connectivity index (χ3n) is 3.17. The van der Waals surface area contributed by atoms with Crippen molar-refractivity contribution in [1.82, 2.24) is 0 Å². The van der Waals surface area contributed by atoms with Crippen LogP contribution < -0.4 is 5.32 Å². The van der Waals surface area contributed by atoms with Gasteiger partial charge in [0.05, 0.1) is 11.6 Å². The lowest BCUT2D eigenvalue weighted by atomic mass is 10.0. The normalized spacial score (nSPS) is 15.7. The van der Waals surface area contributed by atoms with Crippen molar-refractivity contribution in [2.75, 3.05) is 11.9 Å². The fourth-order valence-corrected chi connectivity index (χ4v) is 1.77. The van der Waals surface area contributed by atoms with Crippen LogP contribution in [-0.2, 0) is 0 Å². The van der Waals surface area contributed by atoms with Gasteiger partial charge in [-0.3, -0.25) is 0 Å². The van der Waals surface area contributed by atoms with Crippen molar-refractivity contribution in [3.8, 4) is 12.1 Å². The Morgan fingerprint density at radius 3 is 2.71 bits per heavy atom. The maximum Gasteiger partial charge on any atom is 0.141 e. The zero-order valence-corrected chi connectivity index (χ0v) is 9.33. The highest BCUT2D eigenvalue weighted by Crippen LogP contribution is 2.48. The fourth-order valence-electron chi connectivity index (χ4n) is 1.77. The van der Waals surface area contributed by atoms with Crippen LogP contribution in [0.1, 0.15) is 24.8 Å². The van der Waals surface area contributed by atoms with Crippen LogP contribution in [0.5, 0.6) is 0 Å². The van der Waals surface area contributed by atoms with Crippen LogP contribution in [0, 0.1) is 33.9 Å². The van der Waals surface area contributed by atoms with Gasteiger partial charge in [-0.25, -0.2) is 4.39 Å². The summed E-state index contributed by atoms with van der Waals surface area (Å²) in [6.45, 7) is 0.705. The molecular weight excluding hydrogens is 217 g/mol. The molecule has 0 saturated heterocycles. The Kier molecular flexibility index (Phi) is 2.97. The van der Waals surface area contributed by atoms with E-state index in [4.69, 9.17) is 10.5 Å². The number of rotatable bonds is 4. The van der Waals surface area contributed by atoms with Crippen molar-refractivity contribution < 1.29 is 4.39 Å². The molecule has 0 amide bonds. The standard InChI is InChI=1S/C13H12FN3/c14-12-2-1-11(7-10(12)8-16)17-9-13(3-4-13)5-6-15/h1-2,7,17H,3-5,9H2. The van der Waals surface area contributed by atoms with E-state index in [1.165, 1.54) is 12.1 Å². The van der Waals surface area contributed by atoms with Gasteiger partial charge >= 0.3 is 0 Å². The molecule has 1 aliphatic carbocycles. The number of hydrogen-bond donors (Lipinski definition) is 1. The van der Waals surface area contributed by atoms with E-state index in [1.807, 2.05) is 0 Å². The molecule has 0 atom stereocenters. The molecule has 3 nitrogen and oxygen atoms in total. The predicted molar refractivity (Wildman–Crippen MR) is 61.5 cm³/mol. The Balaban J connectivity index is 2.01. The summed E-state index contributed by atoms with van der Waals surface area (Å²) in [5.74, 6) is -0.504. The monoisotopic (exact) mass is 229 g/mol. The molecule has 1 aliphatic rings. The van der Waals surface area contributed by atoms with Crippen LogP contribution in [-0.4, -0.2) is 6.54 Å². The number of nitrogens with one attached hydrogen (secondary N) is 1. The Bertz CT molecular complexity index is 506. The topological polar surface area (TPSA) is 59.6 Å². The molecule has 4 heteroatoms. The minimum Gasteiger partial charge on any atom is -0.384 e. The highest BCUT2D eigenvalue weighted by Gasteiger charge is 2.42. The quantitative estimate of drug-likeness (QED) is 0.863. The number of hydrogen-bond acceptors (Lipinski definition) is 3. The molecule has 2 rings (SSSR count). The molecule has 0 aliphatic heterocycles. The lowest BCUT2D eigenvalue weighted by molar-refractivity contribution is 0.557. The second kappa shape index (κ2) is 4.43. The molecule has 1 N–H and O–H groups in total. The van der Waals surface area contributed by atoms with Crippen molar-refractivity contribution in [1.29, 1.82) is 10.5 Å². The predicted octanol–water partition coefficient (Wildman–Crippen LogP) is 2.80. The molecule has 0 radical (unpaired) electrons. The molecule has 0 bridgehead atoms. The van der Waals surface area contributed by atoms with Gasteiger partial charge in [0.15, 0.2) is 0 Å². The molecule has 0 aromatic heterocycles. The first-order valence-electron chi connectivity index (χ1n) is 5.50. The smallest absolute Gasteiger partial charge is 0.141 e. The molecule has 1 aromatic carbocycles. The number of nitrogens with zero attached hydrogens (tertiary/aromatic N) is 2. The summed E-state index contributed by atoms with van der Waals surface area (Å²) < 4.78 is 13.1. The lowest BCUT2D eigenvalue weighted by Gasteiger charge is -2.13. The van der Waals surface area contributed by atoms with Gasteiger partial charge < -0.3 is 5.32 Å². The van der Waals surface area contributed by atoms with Gasteiger partial charge in [-0.1, -0.05) is 0 Å². The van der Waals surface area contributed by atoms with Crippen LogP contribution in [0.25, 0.3) is 0 Å². The molecule has 0 unspecified atom stereocenters. The third kappa shape index (κ3) is 2.54. The van der Waals surface area contributed by atoms with Crippen LogP contribution in [0.4, 0.5) is 10.1 Å². The number of nitriles is 2. The summed E-state index contributed by atoms with van der Waals surface area (Å²) in [7, 11) is 0. The van der Waals surface area contributed by atoms with Crippen molar-refractivity contribution >= 4 is 5.69 Å². The molecule has 0 spiro atoms. The van der Waals surface area contributed by atoms with E-state index in [9.17, 15) is 4.39 Å². The summed E-state index contributed by atoms with van der Waals surface area (Å²) in [4.78, 5) is 0. The second-order valence-electron chi connectivity index (χ2n) is 4.49. The van der Waals surface area contributed by atoms with E-state index in [-0.39, 0.29) is 11.0 Å². The lowest BCUT2D eigenvalue weighted by Crippen LogP contribution is -2.14. The van der Waals surface area contributed by atoms with Crippen molar-refractivity contribution in [2.24, 2.45) is 5.41 Å². The first-order valence-corrected chi connectivity index (χ1v) is 5.50. The van der Waals surface area contributed by atoms with E-state index in [2.05, 4.69) is 11.4 Å². The van der Waals surface area contributed by atoms with E-state index in [1.54, 1.807) is 12.1 Å². The van der Waals surface area contributed by atoms with Crippen molar-refractivity contribution in [3.63, 3.8) is 0 Å². The maximum absolute atomic E-state index is 13.1. The molecular formula is C13H12FN3. The zero-order chi connectivity index (χ0) is 12.3. The third-order valence-corrected chi connectivity index (χ3v) is 3.17. The number of benzene rings is 1. The average molecular weight is 229 g/mol. The summed E-state index contributed by atoms with van der Waals surface area (Å²) in [5, 5.41) is 20.6. The second-order valence-corrected chi connectivity index (χ2v) is 4.49. The van der Waals surface area contributed by atoms with Gasteiger partial charge in [0.25, 0.3) is 0 Å². The maximum atomic E-state index is 13.1. The zero-order valence-electron chi connectivity index (χ0n) is 9.33. The van der Waals surface area contributed by atoms with Gasteiger partial charge in [-0.2, -0.15) is 10.5 Å².